The average molecular weight is 267 g/mol. The standard InChI is InChI=1S/C14H13N5O/c1-10-7-12(18-13-4-6-17-19(10)13)14(20)16-9-11-3-2-5-15-8-11/h2-8H,9H2,1H3,(H,16,20). The number of hydrogen-bond donors (Lipinski definition) is 1. The molecule has 0 aliphatic carbocycles. The number of fused-ring (bicyclic) bond motifs is 1. The maximum Gasteiger partial charge on any atom is 0.270 e. The van der Waals surface area contributed by atoms with Crippen molar-refractivity contribution < 1.29 is 4.79 Å². The van der Waals surface area contributed by atoms with Crippen LogP contribution in [0.25, 0.3) is 5.65 Å². The zero-order valence-electron chi connectivity index (χ0n) is 10.9. The van der Waals surface area contributed by atoms with Crippen molar-refractivity contribution in [2.24, 2.45) is 0 Å². The minimum Gasteiger partial charge on any atom is -0.347 e. The topological polar surface area (TPSA) is 72.2 Å². The number of aromatic nitrogens is 4. The summed E-state index contributed by atoms with van der Waals surface area (Å²) in [6, 6.07) is 7.23. The molecule has 3 aromatic heterocycles. The van der Waals surface area contributed by atoms with Crippen LogP contribution in [0.4, 0.5) is 0 Å². The smallest absolute Gasteiger partial charge is 0.270 e. The number of carbonyl (C=O) groups excluding carboxylic acids is 1. The number of aryl methyl sites for hydroxylation is 1. The van der Waals surface area contributed by atoms with Gasteiger partial charge >= 0.3 is 0 Å². The number of amides is 1. The van der Waals surface area contributed by atoms with Crippen molar-refractivity contribution >= 4 is 11.6 Å². The molecule has 6 heteroatoms. The molecule has 1 N–H and O–H groups in total. The molecule has 0 saturated carbocycles. The van der Waals surface area contributed by atoms with Crippen LogP contribution in [0.3, 0.4) is 0 Å². The van der Waals surface area contributed by atoms with Crippen molar-refractivity contribution in [1.29, 1.82) is 0 Å². The van der Waals surface area contributed by atoms with Gasteiger partial charge in [-0.05, 0) is 24.6 Å². The Balaban J connectivity index is 1.78. The summed E-state index contributed by atoms with van der Waals surface area (Å²) < 4.78 is 1.69. The summed E-state index contributed by atoms with van der Waals surface area (Å²) in [4.78, 5) is 20.4. The van der Waals surface area contributed by atoms with Crippen LogP contribution >= 0.6 is 0 Å². The quantitative estimate of drug-likeness (QED) is 0.777. The van der Waals surface area contributed by atoms with E-state index in [2.05, 4.69) is 20.4 Å². The summed E-state index contributed by atoms with van der Waals surface area (Å²) in [6.45, 7) is 2.32. The van der Waals surface area contributed by atoms with Gasteiger partial charge < -0.3 is 5.32 Å². The largest absolute Gasteiger partial charge is 0.347 e. The second-order valence-corrected chi connectivity index (χ2v) is 4.43. The first kappa shape index (κ1) is 12.3. The van der Waals surface area contributed by atoms with Gasteiger partial charge in [0.25, 0.3) is 5.91 Å². The molecule has 3 rings (SSSR count). The van der Waals surface area contributed by atoms with Crippen molar-refractivity contribution in [1.82, 2.24) is 24.9 Å². The van der Waals surface area contributed by atoms with E-state index in [1.165, 1.54) is 0 Å². The molecule has 0 aliphatic heterocycles. The van der Waals surface area contributed by atoms with E-state index in [9.17, 15) is 4.79 Å². The molecule has 100 valence electrons. The second kappa shape index (κ2) is 5.08. The van der Waals surface area contributed by atoms with E-state index in [0.717, 1.165) is 11.3 Å². The normalized spacial score (nSPS) is 10.7. The Hall–Kier alpha value is -2.76. The molecule has 0 unspecified atom stereocenters. The third-order valence-corrected chi connectivity index (χ3v) is 2.95. The minimum atomic E-state index is -0.208. The van der Waals surface area contributed by atoms with Crippen molar-refractivity contribution in [3.8, 4) is 0 Å². The second-order valence-electron chi connectivity index (χ2n) is 4.43. The van der Waals surface area contributed by atoms with Gasteiger partial charge in [0.05, 0.1) is 6.20 Å². The number of nitrogens with one attached hydrogen (secondary N) is 1. The summed E-state index contributed by atoms with van der Waals surface area (Å²) in [5, 5.41) is 6.95. The highest BCUT2D eigenvalue weighted by molar-refractivity contribution is 5.92. The molecule has 0 spiro atoms. The molecule has 3 heterocycles. The van der Waals surface area contributed by atoms with Crippen LogP contribution in [0.1, 0.15) is 21.7 Å². The molecule has 20 heavy (non-hydrogen) atoms. The Bertz CT molecular complexity index is 751. The Morgan fingerprint density at radius 1 is 1.35 bits per heavy atom. The van der Waals surface area contributed by atoms with Gasteiger partial charge in [0.1, 0.15) is 5.69 Å². The monoisotopic (exact) mass is 267 g/mol. The molecule has 0 atom stereocenters. The number of hydrogen-bond acceptors (Lipinski definition) is 4. The van der Waals surface area contributed by atoms with Crippen molar-refractivity contribution in [2.75, 3.05) is 0 Å². The van der Waals surface area contributed by atoms with E-state index in [1.54, 1.807) is 35.2 Å². The van der Waals surface area contributed by atoms with Gasteiger partial charge in [-0.1, -0.05) is 6.07 Å². The van der Waals surface area contributed by atoms with Crippen LogP contribution in [-0.4, -0.2) is 25.5 Å². The molecule has 0 bridgehead atoms. The highest BCUT2D eigenvalue weighted by Crippen LogP contribution is 2.06. The zero-order chi connectivity index (χ0) is 13.9. The fraction of sp³-hybridized carbons (Fsp3) is 0.143. The first-order valence-corrected chi connectivity index (χ1v) is 6.22. The van der Waals surface area contributed by atoms with Gasteiger partial charge in [0.2, 0.25) is 0 Å². The van der Waals surface area contributed by atoms with Crippen molar-refractivity contribution in [3.63, 3.8) is 0 Å². The van der Waals surface area contributed by atoms with Crippen LogP contribution in [0.5, 0.6) is 0 Å². The maximum absolute atomic E-state index is 12.1. The van der Waals surface area contributed by atoms with Crippen LogP contribution in [0.2, 0.25) is 0 Å². The molecular weight excluding hydrogens is 254 g/mol. The number of carbonyl (C=O) groups is 1. The molecule has 0 saturated heterocycles. The van der Waals surface area contributed by atoms with Crippen LogP contribution < -0.4 is 5.32 Å². The van der Waals surface area contributed by atoms with E-state index in [-0.39, 0.29) is 5.91 Å². The molecule has 1 amide bonds. The van der Waals surface area contributed by atoms with Gasteiger partial charge in [0, 0.05) is 30.7 Å². The number of pyridine rings is 1. The van der Waals surface area contributed by atoms with Crippen LogP contribution in [0.15, 0.2) is 42.9 Å². The fourth-order valence-electron chi connectivity index (χ4n) is 1.96. The van der Waals surface area contributed by atoms with E-state index in [4.69, 9.17) is 0 Å². The molecule has 0 aliphatic rings. The van der Waals surface area contributed by atoms with E-state index in [0.29, 0.717) is 17.9 Å². The Morgan fingerprint density at radius 2 is 2.25 bits per heavy atom. The fourth-order valence-corrected chi connectivity index (χ4v) is 1.96. The predicted molar refractivity (Wildman–Crippen MR) is 73.1 cm³/mol. The van der Waals surface area contributed by atoms with Crippen molar-refractivity contribution in [2.45, 2.75) is 13.5 Å². The lowest BCUT2D eigenvalue weighted by molar-refractivity contribution is 0.0946. The Kier molecular flexibility index (Phi) is 3.12. The molecular formula is C14H13N5O. The third kappa shape index (κ3) is 2.35. The maximum atomic E-state index is 12.1. The van der Waals surface area contributed by atoms with Gasteiger partial charge in [0.15, 0.2) is 5.65 Å². The minimum absolute atomic E-state index is 0.208. The summed E-state index contributed by atoms with van der Waals surface area (Å²) in [7, 11) is 0. The SMILES string of the molecule is Cc1cc(C(=O)NCc2cccnc2)nc2ccnn12. The summed E-state index contributed by atoms with van der Waals surface area (Å²) in [5.74, 6) is -0.208. The van der Waals surface area contributed by atoms with Crippen molar-refractivity contribution in [3.05, 3.63) is 59.8 Å². The first-order chi connectivity index (χ1) is 9.74. The molecule has 0 fully saturated rings. The van der Waals surface area contributed by atoms with E-state index in [1.807, 2.05) is 19.1 Å². The van der Waals surface area contributed by atoms with Crippen LogP contribution in [-0.2, 0) is 6.54 Å². The highest BCUT2D eigenvalue weighted by Gasteiger charge is 2.10. The summed E-state index contributed by atoms with van der Waals surface area (Å²) in [6.07, 6.45) is 5.08. The predicted octanol–water partition coefficient (Wildman–Crippen LogP) is 1.36. The van der Waals surface area contributed by atoms with Gasteiger partial charge in [-0.15, -0.1) is 0 Å². The highest BCUT2D eigenvalue weighted by atomic mass is 16.1. The Labute approximate surface area is 115 Å². The van der Waals surface area contributed by atoms with E-state index < -0.39 is 0 Å². The number of rotatable bonds is 3. The zero-order valence-corrected chi connectivity index (χ0v) is 10.9. The average Bonchev–Trinajstić information content (AvgIpc) is 2.95. The summed E-state index contributed by atoms with van der Waals surface area (Å²) >= 11 is 0. The van der Waals surface area contributed by atoms with Gasteiger partial charge in [-0.3, -0.25) is 9.78 Å². The molecule has 6 nitrogen and oxygen atoms in total. The molecule has 0 radical (unpaired) electrons. The lowest BCUT2D eigenvalue weighted by Crippen LogP contribution is -2.24. The Morgan fingerprint density at radius 3 is 3.05 bits per heavy atom. The lowest BCUT2D eigenvalue weighted by Gasteiger charge is -2.06. The first-order valence-electron chi connectivity index (χ1n) is 6.22. The molecule has 3 aromatic rings. The van der Waals surface area contributed by atoms with Gasteiger partial charge in [-0.25, -0.2) is 9.50 Å². The van der Waals surface area contributed by atoms with Gasteiger partial charge in [-0.2, -0.15) is 5.10 Å². The summed E-state index contributed by atoms with van der Waals surface area (Å²) in [5.41, 5.74) is 2.87. The van der Waals surface area contributed by atoms with E-state index >= 15 is 0 Å². The number of nitrogens with zero attached hydrogens (tertiary/aromatic N) is 4. The lowest BCUT2D eigenvalue weighted by atomic mass is 10.2. The van der Waals surface area contributed by atoms with Crippen LogP contribution in [0, 0.1) is 6.92 Å². The third-order valence-electron chi connectivity index (χ3n) is 2.95. The molecule has 0 aromatic carbocycles.